The van der Waals surface area contributed by atoms with Crippen molar-refractivity contribution < 1.29 is 19.4 Å². The fraction of sp³-hybridized carbons (Fsp3) is 0.160. The number of fused-ring (bicyclic) bond motifs is 2. The van der Waals surface area contributed by atoms with Crippen molar-refractivity contribution in [1.29, 1.82) is 0 Å². The number of carbonyl (C=O) groups excluding carboxylic acids is 1. The number of carbonyl (C=O) groups is 1. The summed E-state index contributed by atoms with van der Waals surface area (Å²) >= 11 is 0. The minimum atomic E-state index is -1.76. The van der Waals surface area contributed by atoms with Crippen LogP contribution in [0.2, 0.25) is 0 Å². The molecule has 0 radical (unpaired) electrons. The fourth-order valence-electron chi connectivity index (χ4n) is 4.27. The Morgan fingerprint density at radius 1 is 0.935 bits per heavy atom. The molecule has 31 heavy (non-hydrogen) atoms. The van der Waals surface area contributed by atoms with Crippen molar-refractivity contribution in [2.75, 3.05) is 25.2 Å². The van der Waals surface area contributed by atoms with E-state index in [-0.39, 0.29) is 12.5 Å². The molecule has 1 aliphatic rings. The lowest BCUT2D eigenvalue weighted by Crippen LogP contribution is -2.42. The molecule has 4 aromatic rings. The predicted molar refractivity (Wildman–Crippen MR) is 119 cm³/mol. The van der Waals surface area contributed by atoms with Crippen molar-refractivity contribution in [3.05, 3.63) is 90.1 Å². The maximum atomic E-state index is 13.6. The number of nitrogens with zero attached hydrogens (tertiary/aromatic N) is 1. The summed E-state index contributed by atoms with van der Waals surface area (Å²) < 4.78 is 11.2. The second-order valence-corrected chi connectivity index (χ2v) is 7.43. The van der Waals surface area contributed by atoms with E-state index in [1.54, 1.807) is 24.3 Å². The quantitative estimate of drug-likeness (QED) is 0.503. The van der Waals surface area contributed by atoms with Gasteiger partial charge in [-0.1, -0.05) is 48.5 Å². The van der Waals surface area contributed by atoms with Crippen LogP contribution >= 0.6 is 0 Å². The number of nitrogens with one attached hydrogen (secondary N) is 1. The number of rotatable bonds is 6. The normalized spacial score (nSPS) is 17.7. The van der Waals surface area contributed by atoms with Crippen molar-refractivity contribution in [1.82, 2.24) is 4.98 Å². The third kappa shape index (κ3) is 2.95. The van der Waals surface area contributed by atoms with Gasteiger partial charge in [-0.15, -0.1) is 0 Å². The molecule has 2 N–H and O–H groups in total. The van der Waals surface area contributed by atoms with Gasteiger partial charge in [0.25, 0.3) is 5.91 Å². The van der Waals surface area contributed by atoms with Gasteiger partial charge in [-0.05, 0) is 24.3 Å². The van der Waals surface area contributed by atoms with Crippen molar-refractivity contribution in [2.45, 2.75) is 5.60 Å². The third-order valence-corrected chi connectivity index (χ3v) is 5.76. The number of benzene rings is 3. The minimum Gasteiger partial charge on any atom is -0.493 e. The standard InChI is InChI=1S/C25H22N2O4/c1-30-22-12-6-7-13-23(22)31-15-14-27-21-11-5-3-9-18(21)25(29,24(27)28)19-16-26-20-10-4-2-8-17(19)20/h2-13,16,26,29H,14-15H2,1H3. The molecule has 1 aliphatic heterocycles. The van der Waals surface area contributed by atoms with Crippen LogP contribution in [0.5, 0.6) is 11.5 Å². The number of aromatic amines is 1. The molecule has 0 saturated carbocycles. The average molecular weight is 414 g/mol. The highest BCUT2D eigenvalue weighted by Gasteiger charge is 2.51. The van der Waals surface area contributed by atoms with Gasteiger partial charge in [0.2, 0.25) is 0 Å². The number of methoxy groups -OCH3 is 1. The van der Waals surface area contributed by atoms with Crippen LogP contribution in [0.25, 0.3) is 10.9 Å². The second-order valence-electron chi connectivity index (χ2n) is 7.43. The molecule has 0 fully saturated rings. The number of aliphatic hydroxyl groups is 1. The Kier molecular flexibility index (Phi) is 4.64. The van der Waals surface area contributed by atoms with Crippen LogP contribution in [0.1, 0.15) is 11.1 Å². The van der Waals surface area contributed by atoms with Crippen molar-refractivity contribution in [3.63, 3.8) is 0 Å². The molecule has 2 heterocycles. The Labute approximate surface area is 179 Å². The average Bonchev–Trinajstić information content (AvgIpc) is 3.34. The number of anilines is 1. The van der Waals surface area contributed by atoms with E-state index in [4.69, 9.17) is 9.47 Å². The summed E-state index contributed by atoms with van der Waals surface area (Å²) in [6, 6.07) is 22.4. The highest BCUT2D eigenvalue weighted by atomic mass is 16.5. The second kappa shape index (κ2) is 7.49. The van der Waals surface area contributed by atoms with E-state index in [0.717, 1.165) is 10.9 Å². The first-order chi connectivity index (χ1) is 15.1. The lowest BCUT2D eigenvalue weighted by molar-refractivity contribution is -0.132. The number of amides is 1. The molecule has 0 aliphatic carbocycles. The van der Waals surface area contributed by atoms with Gasteiger partial charge < -0.3 is 24.5 Å². The Bertz CT molecular complexity index is 1270. The molecular weight excluding hydrogens is 392 g/mol. The van der Waals surface area contributed by atoms with Gasteiger partial charge >= 0.3 is 0 Å². The van der Waals surface area contributed by atoms with Gasteiger partial charge in [-0.2, -0.15) is 0 Å². The third-order valence-electron chi connectivity index (χ3n) is 5.76. The number of aromatic nitrogens is 1. The van der Waals surface area contributed by atoms with Gasteiger partial charge in [0.1, 0.15) is 6.61 Å². The first-order valence-corrected chi connectivity index (χ1v) is 10.1. The van der Waals surface area contributed by atoms with Crippen molar-refractivity contribution >= 4 is 22.5 Å². The van der Waals surface area contributed by atoms with Gasteiger partial charge in [0, 0.05) is 28.2 Å². The minimum absolute atomic E-state index is 0.254. The van der Waals surface area contributed by atoms with E-state index in [2.05, 4.69) is 4.98 Å². The SMILES string of the molecule is COc1ccccc1OCCN1C(=O)C(O)(c2c[nH]c3ccccc23)c2ccccc21. The topological polar surface area (TPSA) is 74.8 Å². The Hall–Kier alpha value is -3.77. The lowest BCUT2D eigenvalue weighted by Gasteiger charge is -2.23. The zero-order valence-corrected chi connectivity index (χ0v) is 17.0. The smallest absolute Gasteiger partial charge is 0.268 e. The molecule has 1 aromatic heterocycles. The molecule has 0 bridgehead atoms. The monoisotopic (exact) mass is 414 g/mol. The van der Waals surface area contributed by atoms with Crippen LogP contribution in [-0.4, -0.2) is 36.3 Å². The Morgan fingerprint density at radius 2 is 1.65 bits per heavy atom. The van der Waals surface area contributed by atoms with Gasteiger partial charge in [0.15, 0.2) is 17.1 Å². The summed E-state index contributed by atoms with van der Waals surface area (Å²) in [5.74, 6) is 0.852. The van der Waals surface area contributed by atoms with E-state index in [1.165, 1.54) is 0 Å². The van der Waals surface area contributed by atoms with Crippen LogP contribution in [0.4, 0.5) is 5.69 Å². The maximum Gasteiger partial charge on any atom is 0.268 e. The molecule has 156 valence electrons. The summed E-state index contributed by atoms with van der Waals surface area (Å²) in [5, 5.41) is 12.6. The molecule has 1 atom stereocenters. The van der Waals surface area contributed by atoms with Crippen LogP contribution in [-0.2, 0) is 10.4 Å². The highest BCUT2D eigenvalue weighted by Crippen LogP contribution is 2.46. The molecule has 3 aromatic carbocycles. The van der Waals surface area contributed by atoms with E-state index in [9.17, 15) is 9.90 Å². The predicted octanol–water partition coefficient (Wildman–Crippen LogP) is 3.84. The van der Waals surface area contributed by atoms with E-state index >= 15 is 0 Å². The van der Waals surface area contributed by atoms with E-state index in [1.807, 2.05) is 66.7 Å². The van der Waals surface area contributed by atoms with Gasteiger partial charge in [-0.3, -0.25) is 4.79 Å². The van der Waals surface area contributed by atoms with Crippen molar-refractivity contribution in [2.24, 2.45) is 0 Å². The number of para-hydroxylation sites is 4. The molecule has 0 saturated heterocycles. The maximum absolute atomic E-state index is 13.6. The van der Waals surface area contributed by atoms with Crippen LogP contribution in [0, 0.1) is 0 Å². The first kappa shape index (κ1) is 19.2. The van der Waals surface area contributed by atoms with E-state index in [0.29, 0.717) is 34.9 Å². The number of ether oxygens (including phenoxy) is 2. The van der Waals surface area contributed by atoms with Gasteiger partial charge in [0.05, 0.1) is 19.3 Å². The summed E-state index contributed by atoms with van der Waals surface area (Å²) in [4.78, 5) is 18.3. The first-order valence-electron chi connectivity index (χ1n) is 10.1. The summed E-state index contributed by atoms with van der Waals surface area (Å²) in [6.45, 7) is 0.545. The molecular formula is C25H22N2O4. The number of hydrogen-bond donors (Lipinski definition) is 2. The highest BCUT2D eigenvalue weighted by molar-refractivity contribution is 6.11. The summed E-state index contributed by atoms with van der Waals surface area (Å²) in [7, 11) is 1.59. The molecule has 6 heteroatoms. The lowest BCUT2D eigenvalue weighted by atomic mass is 9.87. The Morgan fingerprint density at radius 3 is 2.48 bits per heavy atom. The molecule has 0 spiro atoms. The molecule has 1 amide bonds. The van der Waals surface area contributed by atoms with Crippen LogP contribution < -0.4 is 14.4 Å². The number of hydrogen-bond acceptors (Lipinski definition) is 4. The molecule has 5 rings (SSSR count). The largest absolute Gasteiger partial charge is 0.493 e. The fourth-order valence-corrected chi connectivity index (χ4v) is 4.27. The molecule has 1 unspecified atom stereocenters. The van der Waals surface area contributed by atoms with E-state index < -0.39 is 5.60 Å². The summed E-state index contributed by atoms with van der Waals surface area (Å²) in [6.07, 6.45) is 1.72. The van der Waals surface area contributed by atoms with Gasteiger partial charge in [-0.25, -0.2) is 0 Å². The van der Waals surface area contributed by atoms with Crippen LogP contribution in [0.15, 0.2) is 79.0 Å². The van der Waals surface area contributed by atoms with Crippen LogP contribution in [0.3, 0.4) is 0 Å². The summed E-state index contributed by atoms with van der Waals surface area (Å²) in [5.41, 5.74) is 0.912. The zero-order chi connectivity index (χ0) is 21.4. The molecule has 6 nitrogen and oxygen atoms in total. The number of H-pyrrole nitrogens is 1. The zero-order valence-electron chi connectivity index (χ0n) is 17.0. The van der Waals surface area contributed by atoms with Crippen molar-refractivity contribution in [3.8, 4) is 11.5 Å². The Balaban J connectivity index is 1.47.